The average molecular weight is 353 g/mol. The van der Waals surface area contributed by atoms with Gasteiger partial charge in [-0.3, -0.25) is 0 Å². The molecule has 1 aromatic heterocycles. The zero-order valence-corrected chi connectivity index (χ0v) is 15.3. The lowest BCUT2D eigenvalue weighted by molar-refractivity contribution is 0.340. The maximum Gasteiger partial charge on any atom is 0.361 e. The number of rotatable bonds is 5. The molecule has 0 radical (unpaired) electrons. The van der Waals surface area contributed by atoms with Crippen molar-refractivity contribution in [2.75, 3.05) is 6.61 Å². The molecule has 0 bridgehead atoms. The van der Waals surface area contributed by atoms with E-state index in [0.29, 0.717) is 6.61 Å². The van der Waals surface area contributed by atoms with Crippen LogP contribution in [0.2, 0.25) is 0 Å². The van der Waals surface area contributed by atoms with Crippen LogP contribution in [0.25, 0.3) is 33.8 Å². The van der Waals surface area contributed by atoms with Crippen LogP contribution in [0.15, 0.2) is 101 Å². The van der Waals surface area contributed by atoms with E-state index in [0.717, 1.165) is 39.5 Å². The molecule has 0 spiro atoms. The number of hydrogen-bond acceptors (Lipinski definition) is 1. The standard InChI is InChI=1S/C25H21O2/c1-2-26-23-15-13-21(14-16-23)25-18-22(19-9-5-3-6-10-19)17-24(27-25)20-11-7-4-8-12-20/h3-18H,2H2,1H3/q+1. The number of benzene rings is 3. The fraction of sp³-hybridized carbons (Fsp3) is 0.0800. The van der Waals surface area contributed by atoms with Crippen LogP contribution < -0.4 is 4.74 Å². The maximum absolute atomic E-state index is 6.27. The fourth-order valence-electron chi connectivity index (χ4n) is 3.07. The molecule has 0 aliphatic heterocycles. The molecule has 4 rings (SSSR count). The van der Waals surface area contributed by atoms with Crippen molar-refractivity contribution in [3.63, 3.8) is 0 Å². The second-order valence-electron chi connectivity index (χ2n) is 6.26. The topological polar surface area (TPSA) is 20.5 Å². The first-order valence-electron chi connectivity index (χ1n) is 9.16. The highest BCUT2D eigenvalue weighted by molar-refractivity contribution is 5.74. The van der Waals surface area contributed by atoms with Crippen LogP contribution in [-0.4, -0.2) is 6.61 Å². The third-order valence-corrected chi connectivity index (χ3v) is 4.41. The second kappa shape index (κ2) is 7.88. The Morgan fingerprint density at radius 1 is 0.593 bits per heavy atom. The molecule has 0 amide bonds. The van der Waals surface area contributed by atoms with Crippen molar-refractivity contribution in [2.24, 2.45) is 0 Å². The molecular weight excluding hydrogens is 332 g/mol. The summed E-state index contributed by atoms with van der Waals surface area (Å²) in [5.74, 6) is 2.54. The molecule has 0 unspecified atom stereocenters. The predicted molar refractivity (Wildman–Crippen MR) is 111 cm³/mol. The van der Waals surface area contributed by atoms with Crippen LogP contribution >= 0.6 is 0 Å². The van der Waals surface area contributed by atoms with Gasteiger partial charge in [0.2, 0.25) is 0 Å². The molecule has 4 aromatic rings. The largest absolute Gasteiger partial charge is 0.494 e. The normalized spacial score (nSPS) is 10.6. The van der Waals surface area contributed by atoms with Crippen molar-refractivity contribution in [1.82, 2.24) is 0 Å². The molecule has 0 saturated heterocycles. The molecule has 0 aliphatic carbocycles. The Labute approximate surface area is 159 Å². The molecular formula is C25H21O2+. The Morgan fingerprint density at radius 3 is 1.67 bits per heavy atom. The average Bonchev–Trinajstić information content (AvgIpc) is 2.75. The zero-order chi connectivity index (χ0) is 18.5. The summed E-state index contributed by atoms with van der Waals surface area (Å²) < 4.78 is 11.8. The Hall–Kier alpha value is -3.39. The minimum Gasteiger partial charge on any atom is -0.494 e. The van der Waals surface area contributed by atoms with Gasteiger partial charge in [-0.25, -0.2) is 4.42 Å². The van der Waals surface area contributed by atoms with E-state index in [1.165, 1.54) is 0 Å². The molecule has 2 nitrogen and oxygen atoms in total. The molecule has 27 heavy (non-hydrogen) atoms. The third kappa shape index (κ3) is 3.90. The maximum atomic E-state index is 6.27. The second-order valence-corrected chi connectivity index (χ2v) is 6.26. The summed E-state index contributed by atoms with van der Waals surface area (Å²) >= 11 is 0. The van der Waals surface area contributed by atoms with Gasteiger partial charge in [0.1, 0.15) is 5.75 Å². The Balaban J connectivity index is 1.83. The molecule has 1 heterocycles. The van der Waals surface area contributed by atoms with Crippen molar-refractivity contribution < 1.29 is 9.15 Å². The van der Waals surface area contributed by atoms with Crippen molar-refractivity contribution >= 4 is 0 Å². The van der Waals surface area contributed by atoms with E-state index < -0.39 is 0 Å². The Kier molecular flexibility index (Phi) is 4.97. The summed E-state index contributed by atoms with van der Waals surface area (Å²) in [5, 5.41) is 0. The first-order valence-corrected chi connectivity index (χ1v) is 9.16. The highest BCUT2D eigenvalue weighted by Crippen LogP contribution is 2.33. The predicted octanol–water partition coefficient (Wildman–Crippen LogP) is 6.96. The summed E-state index contributed by atoms with van der Waals surface area (Å²) in [6.45, 7) is 2.64. The van der Waals surface area contributed by atoms with Gasteiger partial charge in [-0.05, 0) is 48.9 Å². The van der Waals surface area contributed by atoms with Gasteiger partial charge in [-0.2, -0.15) is 0 Å². The van der Waals surface area contributed by atoms with E-state index in [2.05, 4.69) is 48.5 Å². The smallest absolute Gasteiger partial charge is 0.361 e. The van der Waals surface area contributed by atoms with Crippen molar-refractivity contribution in [2.45, 2.75) is 6.92 Å². The van der Waals surface area contributed by atoms with E-state index in [1.54, 1.807) is 0 Å². The van der Waals surface area contributed by atoms with E-state index in [1.807, 2.05) is 55.5 Å². The Morgan fingerprint density at radius 2 is 1.11 bits per heavy atom. The van der Waals surface area contributed by atoms with E-state index in [9.17, 15) is 0 Å². The van der Waals surface area contributed by atoms with Crippen LogP contribution in [-0.2, 0) is 0 Å². The number of ether oxygens (including phenoxy) is 1. The fourth-order valence-corrected chi connectivity index (χ4v) is 3.07. The lowest BCUT2D eigenvalue weighted by atomic mass is 10.0. The minimum atomic E-state index is 0.658. The monoisotopic (exact) mass is 353 g/mol. The SMILES string of the molecule is CCOc1ccc(-c2cc(-c3ccccc3)cc(-c3ccccc3)[o+]2)cc1. The van der Waals surface area contributed by atoms with Gasteiger partial charge in [-0.1, -0.05) is 48.5 Å². The molecule has 2 heteroatoms. The van der Waals surface area contributed by atoms with Gasteiger partial charge >= 0.3 is 11.5 Å². The first kappa shape index (κ1) is 17.0. The van der Waals surface area contributed by atoms with Gasteiger partial charge in [0, 0.05) is 5.56 Å². The molecule has 132 valence electrons. The molecule has 0 fully saturated rings. The van der Waals surface area contributed by atoms with Crippen molar-refractivity contribution in [3.8, 4) is 39.5 Å². The van der Waals surface area contributed by atoms with Crippen LogP contribution in [0.3, 0.4) is 0 Å². The minimum absolute atomic E-state index is 0.658. The van der Waals surface area contributed by atoms with Gasteiger partial charge in [-0.15, -0.1) is 0 Å². The summed E-state index contributed by atoms with van der Waals surface area (Å²) in [6.07, 6.45) is 0. The third-order valence-electron chi connectivity index (χ3n) is 4.41. The van der Waals surface area contributed by atoms with E-state index in [4.69, 9.17) is 9.15 Å². The highest BCUT2D eigenvalue weighted by atomic mass is 16.5. The molecule has 3 aromatic carbocycles. The van der Waals surface area contributed by atoms with Crippen LogP contribution in [0.4, 0.5) is 0 Å². The van der Waals surface area contributed by atoms with Crippen LogP contribution in [0, 0.1) is 0 Å². The summed E-state index contributed by atoms with van der Waals surface area (Å²) in [5.41, 5.74) is 4.37. The summed E-state index contributed by atoms with van der Waals surface area (Å²) in [6, 6.07) is 32.8. The quantitative estimate of drug-likeness (QED) is 0.361. The number of hydrogen-bond donors (Lipinski definition) is 0. The molecule has 0 atom stereocenters. The molecule has 0 N–H and O–H groups in total. The van der Waals surface area contributed by atoms with Crippen LogP contribution in [0.5, 0.6) is 5.75 Å². The van der Waals surface area contributed by atoms with Crippen LogP contribution in [0.1, 0.15) is 6.92 Å². The zero-order valence-electron chi connectivity index (χ0n) is 15.3. The van der Waals surface area contributed by atoms with Gasteiger partial charge in [0.25, 0.3) is 0 Å². The van der Waals surface area contributed by atoms with Gasteiger partial charge in [0.15, 0.2) is 0 Å². The van der Waals surface area contributed by atoms with Crippen molar-refractivity contribution in [1.29, 1.82) is 0 Å². The first-order chi connectivity index (χ1) is 13.3. The Bertz CT molecular complexity index is 949. The van der Waals surface area contributed by atoms with E-state index >= 15 is 0 Å². The lowest BCUT2D eigenvalue weighted by Gasteiger charge is -2.04. The van der Waals surface area contributed by atoms with E-state index in [-0.39, 0.29) is 0 Å². The highest BCUT2D eigenvalue weighted by Gasteiger charge is 2.20. The summed E-state index contributed by atoms with van der Waals surface area (Å²) in [7, 11) is 0. The summed E-state index contributed by atoms with van der Waals surface area (Å²) in [4.78, 5) is 0. The molecule has 0 aliphatic rings. The van der Waals surface area contributed by atoms with Gasteiger partial charge in [0.05, 0.1) is 29.9 Å². The van der Waals surface area contributed by atoms with Gasteiger partial charge < -0.3 is 4.74 Å². The molecule has 0 saturated carbocycles. The van der Waals surface area contributed by atoms with Crippen molar-refractivity contribution in [3.05, 3.63) is 97.1 Å². The lowest BCUT2D eigenvalue weighted by Crippen LogP contribution is -1.91.